The number of nitrogens with one attached hydrogen (secondary N) is 1. The minimum Gasteiger partial charge on any atom is -0.425 e. The molecule has 2 heterocycles. The maximum absolute atomic E-state index is 13.6. The monoisotopic (exact) mass is 320 g/mol. The molecule has 0 saturated carbocycles. The molecule has 0 aliphatic carbocycles. The lowest BCUT2D eigenvalue weighted by molar-refractivity contribution is -0.115. The van der Waals surface area contributed by atoms with Crippen molar-refractivity contribution in [2.75, 3.05) is 36.5 Å². The molecule has 23 heavy (non-hydrogen) atoms. The molecule has 8 heteroatoms. The van der Waals surface area contributed by atoms with Crippen LogP contribution in [0.3, 0.4) is 0 Å². The smallest absolute Gasteiger partial charge is 0.233 e. The molecule has 0 atom stereocenters. The molecular formula is C15H17FN4O3. The number of anilines is 2. The molecule has 1 aliphatic rings. The molecule has 3 rings (SSSR count). The Hall–Kier alpha value is -2.48. The molecule has 0 unspecified atom stereocenters. The number of nitrogens with zero attached hydrogens (tertiary/aromatic N) is 3. The predicted molar refractivity (Wildman–Crippen MR) is 80.8 cm³/mol. The Morgan fingerprint density at radius 1 is 1.35 bits per heavy atom. The molecule has 1 amide bonds. The Labute approximate surface area is 132 Å². The van der Waals surface area contributed by atoms with E-state index in [-0.39, 0.29) is 24.0 Å². The number of carbonyl (C=O) groups is 1. The van der Waals surface area contributed by atoms with Crippen LogP contribution < -0.4 is 10.2 Å². The fourth-order valence-electron chi connectivity index (χ4n) is 2.42. The molecule has 0 spiro atoms. The number of aromatic nitrogens is 2. The van der Waals surface area contributed by atoms with E-state index in [4.69, 9.17) is 9.15 Å². The summed E-state index contributed by atoms with van der Waals surface area (Å²) >= 11 is 0. The third-order valence-electron chi connectivity index (χ3n) is 3.47. The molecule has 1 aromatic heterocycles. The summed E-state index contributed by atoms with van der Waals surface area (Å²) in [5.74, 6) is 0.00501. The maximum atomic E-state index is 13.6. The first-order valence-electron chi connectivity index (χ1n) is 7.33. The van der Waals surface area contributed by atoms with Crippen molar-refractivity contribution >= 4 is 17.3 Å². The zero-order valence-electron chi connectivity index (χ0n) is 12.7. The van der Waals surface area contributed by atoms with Crippen LogP contribution in [-0.4, -0.2) is 42.4 Å². The molecular weight excluding hydrogens is 303 g/mol. The van der Waals surface area contributed by atoms with Gasteiger partial charge in [-0.25, -0.2) is 4.39 Å². The molecule has 0 radical (unpaired) electrons. The van der Waals surface area contributed by atoms with E-state index in [1.807, 2.05) is 4.90 Å². The second kappa shape index (κ2) is 6.74. The number of rotatable bonds is 4. The van der Waals surface area contributed by atoms with Gasteiger partial charge in [0.2, 0.25) is 17.7 Å². The normalized spacial score (nSPS) is 14.8. The van der Waals surface area contributed by atoms with Gasteiger partial charge in [-0.1, -0.05) is 0 Å². The first kappa shape index (κ1) is 15.4. The zero-order chi connectivity index (χ0) is 16.2. The van der Waals surface area contributed by atoms with E-state index in [0.29, 0.717) is 43.6 Å². The van der Waals surface area contributed by atoms with E-state index >= 15 is 0 Å². The van der Waals surface area contributed by atoms with E-state index in [1.165, 1.54) is 12.1 Å². The summed E-state index contributed by atoms with van der Waals surface area (Å²) in [4.78, 5) is 14.1. The highest BCUT2D eigenvalue weighted by Crippen LogP contribution is 2.27. The summed E-state index contributed by atoms with van der Waals surface area (Å²) in [6, 6.07) is 4.28. The second-order valence-corrected chi connectivity index (χ2v) is 5.20. The van der Waals surface area contributed by atoms with Gasteiger partial charge in [0.05, 0.1) is 24.6 Å². The number of morpholine rings is 1. The van der Waals surface area contributed by atoms with Gasteiger partial charge < -0.3 is 19.4 Å². The number of amides is 1. The highest BCUT2D eigenvalue weighted by Gasteiger charge is 2.18. The number of ether oxygens (including phenoxy) is 1. The average Bonchev–Trinajstić information content (AvgIpc) is 2.95. The van der Waals surface area contributed by atoms with Crippen molar-refractivity contribution in [1.82, 2.24) is 10.2 Å². The minimum atomic E-state index is -0.350. The highest BCUT2D eigenvalue weighted by atomic mass is 19.1. The van der Waals surface area contributed by atoms with Crippen LogP contribution in [0.25, 0.3) is 0 Å². The van der Waals surface area contributed by atoms with Crippen molar-refractivity contribution in [3.8, 4) is 0 Å². The molecule has 0 bridgehead atoms. The minimum absolute atomic E-state index is 0.0270. The molecule has 1 N–H and O–H groups in total. The van der Waals surface area contributed by atoms with Crippen LogP contribution in [0, 0.1) is 12.7 Å². The van der Waals surface area contributed by atoms with Crippen LogP contribution in [0.1, 0.15) is 11.8 Å². The summed E-state index contributed by atoms with van der Waals surface area (Å²) in [7, 11) is 0. The number of hydrogen-bond acceptors (Lipinski definition) is 6. The topological polar surface area (TPSA) is 80.5 Å². The number of aryl methyl sites for hydroxylation is 1. The van der Waals surface area contributed by atoms with Crippen LogP contribution in [0.5, 0.6) is 0 Å². The van der Waals surface area contributed by atoms with Gasteiger partial charge in [0, 0.05) is 20.0 Å². The molecule has 2 aromatic rings. The summed E-state index contributed by atoms with van der Waals surface area (Å²) in [6.07, 6.45) is -0.0270. The van der Waals surface area contributed by atoms with Crippen molar-refractivity contribution in [3.63, 3.8) is 0 Å². The van der Waals surface area contributed by atoms with Crippen molar-refractivity contribution in [1.29, 1.82) is 0 Å². The lowest BCUT2D eigenvalue weighted by Gasteiger charge is -2.30. The van der Waals surface area contributed by atoms with Crippen LogP contribution in [0.2, 0.25) is 0 Å². The first-order valence-corrected chi connectivity index (χ1v) is 7.33. The van der Waals surface area contributed by atoms with Crippen LogP contribution in [0.4, 0.5) is 15.8 Å². The van der Waals surface area contributed by atoms with E-state index in [9.17, 15) is 9.18 Å². The molecule has 122 valence electrons. The Bertz CT molecular complexity index is 698. The maximum Gasteiger partial charge on any atom is 0.233 e. The summed E-state index contributed by atoms with van der Waals surface area (Å²) in [5.41, 5.74) is 1.19. The fraction of sp³-hybridized carbons (Fsp3) is 0.400. The highest BCUT2D eigenvalue weighted by molar-refractivity contribution is 5.95. The molecule has 7 nitrogen and oxygen atoms in total. The zero-order valence-corrected chi connectivity index (χ0v) is 12.7. The molecule has 1 aromatic carbocycles. The first-order chi connectivity index (χ1) is 11.1. The van der Waals surface area contributed by atoms with Gasteiger partial charge in [-0.05, 0) is 18.2 Å². The van der Waals surface area contributed by atoms with E-state index in [1.54, 1.807) is 13.0 Å². The van der Waals surface area contributed by atoms with Gasteiger partial charge in [-0.15, -0.1) is 10.2 Å². The number of carbonyl (C=O) groups excluding carboxylic acids is 1. The fourth-order valence-corrected chi connectivity index (χ4v) is 2.42. The van der Waals surface area contributed by atoms with E-state index in [2.05, 4.69) is 15.5 Å². The third kappa shape index (κ3) is 3.84. The van der Waals surface area contributed by atoms with Gasteiger partial charge in [0.15, 0.2) is 0 Å². The predicted octanol–water partition coefficient (Wildman–Crippen LogP) is 1.53. The van der Waals surface area contributed by atoms with Crippen molar-refractivity contribution in [3.05, 3.63) is 35.8 Å². The third-order valence-corrected chi connectivity index (χ3v) is 3.47. The van der Waals surface area contributed by atoms with Crippen molar-refractivity contribution < 1.29 is 18.3 Å². The summed E-state index contributed by atoms with van der Waals surface area (Å²) in [5, 5.41) is 10.2. The molecule has 1 saturated heterocycles. The number of benzene rings is 1. The Morgan fingerprint density at radius 2 is 2.13 bits per heavy atom. The SMILES string of the molecule is Cc1nnc(CC(=O)Nc2ccc(F)cc2N2CCOCC2)o1. The quantitative estimate of drug-likeness (QED) is 0.920. The molecule has 1 fully saturated rings. The van der Waals surface area contributed by atoms with Gasteiger partial charge in [-0.3, -0.25) is 4.79 Å². The molecule has 1 aliphatic heterocycles. The van der Waals surface area contributed by atoms with Gasteiger partial charge in [0.1, 0.15) is 12.2 Å². The summed E-state index contributed by atoms with van der Waals surface area (Å²) in [6.45, 7) is 4.10. The second-order valence-electron chi connectivity index (χ2n) is 5.20. The van der Waals surface area contributed by atoms with Gasteiger partial charge >= 0.3 is 0 Å². The number of halogens is 1. The number of hydrogen-bond donors (Lipinski definition) is 1. The van der Waals surface area contributed by atoms with Gasteiger partial charge in [-0.2, -0.15) is 0 Å². The van der Waals surface area contributed by atoms with Gasteiger partial charge in [0.25, 0.3) is 0 Å². The van der Waals surface area contributed by atoms with Crippen molar-refractivity contribution in [2.45, 2.75) is 13.3 Å². The lowest BCUT2D eigenvalue weighted by Crippen LogP contribution is -2.37. The summed E-state index contributed by atoms with van der Waals surface area (Å²) < 4.78 is 24.1. The van der Waals surface area contributed by atoms with E-state index < -0.39 is 0 Å². The van der Waals surface area contributed by atoms with Crippen LogP contribution >= 0.6 is 0 Å². The average molecular weight is 320 g/mol. The van der Waals surface area contributed by atoms with E-state index in [0.717, 1.165) is 0 Å². The largest absolute Gasteiger partial charge is 0.425 e. The standard InChI is InChI=1S/C15H17FN4O3/c1-10-18-19-15(23-10)9-14(21)17-12-3-2-11(16)8-13(12)20-4-6-22-7-5-20/h2-3,8H,4-7,9H2,1H3,(H,17,21). The Kier molecular flexibility index (Phi) is 4.52. The van der Waals surface area contributed by atoms with Crippen molar-refractivity contribution in [2.24, 2.45) is 0 Å². The van der Waals surface area contributed by atoms with Crippen LogP contribution in [-0.2, 0) is 16.0 Å². The lowest BCUT2D eigenvalue weighted by atomic mass is 10.2. The Balaban J connectivity index is 1.74. The van der Waals surface area contributed by atoms with Crippen LogP contribution in [0.15, 0.2) is 22.6 Å². The Morgan fingerprint density at radius 3 is 2.83 bits per heavy atom.